The first-order chi connectivity index (χ1) is 14.2. The Kier molecular flexibility index (Phi) is 8.01. The summed E-state index contributed by atoms with van der Waals surface area (Å²) in [6.07, 6.45) is 0. The first-order valence-electron chi connectivity index (χ1n) is 10.3. The van der Waals surface area contributed by atoms with Crippen molar-refractivity contribution in [3.8, 4) is 11.1 Å². The molecule has 0 unspecified atom stereocenters. The maximum absolute atomic E-state index is 5.33. The number of aromatic nitrogens is 3. The molecule has 0 saturated heterocycles. The second kappa shape index (κ2) is 10.5. The van der Waals surface area contributed by atoms with Gasteiger partial charge in [0.1, 0.15) is 5.76 Å². The second-order valence-electron chi connectivity index (χ2n) is 6.16. The Balaban J connectivity index is 0.000000851. The van der Waals surface area contributed by atoms with Crippen LogP contribution in [0.2, 0.25) is 0 Å². The molecule has 156 valence electrons. The zero-order valence-corrected chi connectivity index (χ0v) is 18.6. The normalized spacial score (nSPS) is 10.0. The third kappa shape index (κ3) is 4.67. The van der Waals surface area contributed by atoms with E-state index in [0.29, 0.717) is 0 Å². The summed E-state index contributed by atoms with van der Waals surface area (Å²) in [5.41, 5.74) is 6.35. The largest absolute Gasteiger partial charge is 0.361 e. The summed E-state index contributed by atoms with van der Waals surface area (Å²) in [7, 11) is 1.90. The van der Waals surface area contributed by atoms with Gasteiger partial charge in [0.2, 0.25) is 5.95 Å². The van der Waals surface area contributed by atoms with Crippen molar-refractivity contribution >= 4 is 17.0 Å². The maximum Gasteiger partial charge on any atom is 0.203 e. The number of fused-ring (bicyclic) bond motifs is 1. The van der Waals surface area contributed by atoms with Crippen LogP contribution in [0.4, 0.5) is 5.95 Å². The van der Waals surface area contributed by atoms with E-state index >= 15 is 0 Å². The van der Waals surface area contributed by atoms with Gasteiger partial charge in [-0.1, -0.05) is 69.2 Å². The molecular weight excluding hydrogens is 360 g/mol. The van der Waals surface area contributed by atoms with E-state index in [4.69, 9.17) is 9.51 Å². The SMILES string of the molecule is CC.CC.CNc1nc2ccc(-c3c(C)noc3C)cc2n1Cc1ccccc1.[HH]. The number of anilines is 1. The lowest BCUT2D eigenvalue weighted by Crippen LogP contribution is -2.04. The fourth-order valence-electron chi connectivity index (χ4n) is 3.29. The fraction of sp³-hybridized carbons (Fsp3) is 0.333. The Morgan fingerprint density at radius 3 is 2.28 bits per heavy atom. The highest BCUT2D eigenvalue weighted by atomic mass is 16.5. The molecule has 4 aromatic rings. The molecule has 0 radical (unpaired) electrons. The number of aryl methyl sites for hydroxylation is 2. The van der Waals surface area contributed by atoms with Gasteiger partial charge in [-0.05, 0) is 37.1 Å². The van der Waals surface area contributed by atoms with Gasteiger partial charge in [-0.15, -0.1) is 0 Å². The Bertz CT molecular complexity index is 1020. The molecule has 0 aliphatic rings. The number of imidazole rings is 1. The standard InChI is InChI=1S/C20H20N4O.2C2H6.H2/c1-13-19(14(2)25-23-13)16-9-10-17-18(11-16)24(20(21-3)22-17)12-15-7-5-4-6-8-15;2*1-2;/h4-11H,12H2,1-3H3,(H,21,22);2*1-2H3;1H. The van der Waals surface area contributed by atoms with Crippen LogP contribution in [0.15, 0.2) is 53.1 Å². The van der Waals surface area contributed by atoms with Crippen LogP contribution < -0.4 is 5.32 Å². The van der Waals surface area contributed by atoms with E-state index in [1.165, 1.54) is 5.56 Å². The molecule has 4 rings (SSSR count). The van der Waals surface area contributed by atoms with Gasteiger partial charge in [0.15, 0.2) is 0 Å². The molecule has 0 saturated carbocycles. The Labute approximate surface area is 175 Å². The van der Waals surface area contributed by atoms with E-state index in [2.05, 4.69) is 57.5 Å². The predicted octanol–water partition coefficient (Wildman–Crippen LogP) is 6.70. The van der Waals surface area contributed by atoms with E-state index in [0.717, 1.165) is 46.1 Å². The lowest BCUT2D eigenvalue weighted by atomic mass is 10.0. The molecule has 0 aliphatic heterocycles. The van der Waals surface area contributed by atoms with Crippen LogP contribution in [0.1, 0.15) is 46.1 Å². The summed E-state index contributed by atoms with van der Waals surface area (Å²) >= 11 is 0. The van der Waals surface area contributed by atoms with Gasteiger partial charge in [-0.3, -0.25) is 0 Å². The molecule has 5 heteroatoms. The molecule has 0 atom stereocenters. The minimum absolute atomic E-state index is 0. The van der Waals surface area contributed by atoms with Crippen LogP contribution in [-0.2, 0) is 6.54 Å². The Hall–Kier alpha value is -3.08. The highest BCUT2D eigenvalue weighted by Gasteiger charge is 2.15. The van der Waals surface area contributed by atoms with Crippen molar-refractivity contribution in [1.82, 2.24) is 14.7 Å². The number of benzene rings is 2. The van der Waals surface area contributed by atoms with Crippen molar-refractivity contribution in [3.05, 3.63) is 65.5 Å². The molecule has 2 aromatic carbocycles. The number of nitrogens with one attached hydrogen (secondary N) is 1. The zero-order chi connectivity index (χ0) is 21.4. The second-order valence-corrected chi connectivity index (χ2v) is 6.16. The average Bonchev–Trinajstić information content (AvgIpc) is 3.30. The van der Waals surface area contributed by atoms with Crippen molar-refractivity contribution in [2.45, 2.75) is 48.1 Å². The van der Waals surface area contributed by atoms with Crippen LogP contribution in [-0.4, -0.2) is 21.8 Å². The summed E-state index contributed by atoms with van der Waals surface area (Å²) in [4.78, 5) is 4.71. The van der Waals surface area contributed by atoms with Crippen molar-refractivity contribution in [1.29, 1.82) is 0 Å². The van der Waals surface area contributed by atoms with Crippen molar-refractivity contribution in [2.24, 2.45) is 0 Å². The van der Waals surface area contributed by atoms with E-state index in [1.807, 2.05) is 54.7 Å². The van der Waals surface area contributed by atoms with Gasteiger partial charge in [0, 0.05) is 14.0 Å². The van der Waals surface area contributed by atoms with Crippen LogP contribution in [0.25, 0.3) is 22.2 Å². The molecule has 0 aliphatic carbocycles. The Morgan fingerprint density at radius 1 is 1.00 bits per heavy atom. The molecule has 5 nitrogen and oxygen atoms in total. The summed E-state index contributed by atoms with van der Waals surface area (Å²) in [5.74, 6) is 1.69. The quantitative estimate of drug-likeness (QED) is 0.418. The van der Waals surface area contributed by atoms with Crippen molar-refractivity contribution in [2.75, 3.05) is 12.4 Å². The Morgan fingerprint density at radius 2 is 1.69 bits per heavy atom. The smallest absolute Gasteiger partial charge is 0.203 e. The van der Waals surface area contributed by atoms with E-state index < -0.39 is 0 Å². The highest BCUT2D eigenvalue weighted by Crippen LogP contribution is 2.31. The molecule has 2 heterocycles. The molecule has 29 heavy (non-hydrogen) atoms. The summed E-state index contributed by atoms with van der Waals surface area (Å²) in [6.45, 7) is 12.7. The first-order valence-corrected chi connectivity index (χ1v) is 10.3. The summed E-state index contributed by atoms with van der Waals surface area (Å²) in [5, 5.41) is 7.28. The van der Waals surface area contributed by atoms with E-state index in [-0.39, 0.29) is 1.43 Å². The zero-order valence-electron chi connectivity index (χ0n) is 18.6. The molecule has 0 bridgehead atoms. The van der Waals surface area contributed by atoms with Gasteiger partial charge < -0.3 is 14.4 Å². The first kappa shape index (κ1) is 22.2. The van der Waals surface area contributed by atoms with Crippen LogP contribution in [0.5, 0.6) is 0 Å². The van der Waals surface area contributed by atoms with Crippen LogP contribution in [0.3, 0.4) is 0 Å². The third-order valence-electron chi connectivity index (χ3n) is 4.48. The van der Waals surface area contributed by atoms with E-state index in [9.17, 15) is 0 Å². The van der Waals surface area contributed by atoms with Gasteiger partial charge in [-0.25, -0.2) is 4.98 Å². The maximum atomic E-state index is 5.33. The highest BCUT2D eigenvalue weighted by molar-refractivity contribution is 5.85. The lowest BCUT2D eigenvalue weighted by molar-refractivity contribution is 0.393. The third-order valence-corrected chi connectivity index (χ3v) is 4.48. The molecule has 0 fully saturated rings. The topological polar surface area (TPSA) is 55.9 Å². The average molecular weight is 395 g/mol. The fourth-order valence-corrected chi connectivity index (χ4v) is 3.29. The van der Waals surface area contributed by atoms with E-state index in [1.54, 1.807) is 0 Å². The molecule has 0 amide bonds. The number of rotatable bonds is 4. The monoisotopic (exact) mass is 394 g/mol. The van der Waals surface area contributed by atoms with Crippen molar-refractivity contribution < 1.29 is 5.95 Å². The molecule has 2 aromatic heterocycles. The molecule has 1 N–H and O–H groups in total. The number of nitrogens with zero attached hydrogens (tertiary/aromatic N) is 3. The predicted molar refractivity (Wildman–Crippen MR) is 125 cm³/mol. The number of hydrogen-bond donors (Lipinski definition) is 1. The van der Waals surface area contributed by atoms with Crippen molar-refractivity contribution in [3.63, 3.8) is 0 Å². The number of hydrogen-bond acceptors (Lipinski definition) is 4. The van der Waals surface area contributed by atoms with Crippen LogP contribution in [0, 0.1) is 13.8 Å². The summed E-state index contributed by atoms with van der Waals surface area (Å²) in [6, 6.07) is 16.7. The lowest BCUT2D eigenvalue weighted by Gasteiger charge is -2.09. The molecular formula is C24H34N4O. The summed E-state index contributed by atoms with van der Waals surface area (Å²) < 4.78 is 7.53. The molecule has 0 spiro atoms. The minimum Gasteiger partial charge on any atom is -0.361 e. The van der Waals surface area contributed by atoms with Crippen LogP contribution >= 0.6 is 0 Å². The van der Waals surface area contributed by atoms with Gasteiger partial charge in [0.05, 0.1) is 23.3 Å². The van der Waals surface area contributed by atoms with Gasteiger partial charge >= 0.3 is 0 Å². The minimum atomic E-state index is 0. The van der Waals surface area contributed by atoms with Gasteiger partial charge in [0.25, 0.3) is 0 Å². The van der Waals surface area contributed by atoms with Gasteiger partial charge in [-0.2, -0.15) is 0 Å².